The topological polar surface area (TPSA) is 127 Å². The molecule has 9 heteroatoms. The highest BCUT2D eigenvalue weighted by Gasteiger charge is 2.29. The predicted octanol–water partition coefficient (Wildman–Crippen LogP) is 0.661. The molecule has 1 aromatic heterocycles. The average molecular weight is 306 g/mol. The lowest BCUT2D eigenvalue weighted by atomic mass is 9.98. The molecular weight excluding hydrogens is 288 g/mol. The van der Waals surface area contributed by atoms with Gasteiger partial charge in [0.05, 0.1) is 10.8 Å². The van der Waals surface area contributed by atoms with Crippen LogP contribution in [-0.4, -0.2) is 39.9 Å². The Hall–Kier alpha value is -2.45. The van der Waals surface area contributed by atoms with Crippen LogP contribution in [0.1, 0.15) is 25.7 Å². The molecule has 3 rings (SSSR count). The number of nitro groups is 1. The molecule has 1 aromatic rings. The minimum Gasteiger partial charge on any atom is -0.369 e. The summed E-state index contributed by atoms with van der Waals surface area (Å²) in [5.74, 6) is 0.0914. The van der Waals surface area contributed by atoms with Crippen LogP contribution in [0.25, 0.3) is 0 Å². The number of anilines is 2. The first-order valence-electron chi connectivity index (χ1n) is 7.37. The Morgan fingerprint density at radius 2 is 2.23 bits per heavy atom. The van der Waals surface area contributed by atoms with Gasteiger partial charge in [-0.05, 0) is 25.7 Å². The summed E-state index contributed by atoms with van der Waals surface area (Å²) in [6.07, 6.45) is 4.78. The van der Waals surface area contributed by atoms with E-state index in [9.17, 15) is 14.9 Å². The van der Waals surface area contributed by atoms with Gasteiger partial charge in [-0.3, -0.25) is 14.9 Å². The van der Waals surface area contributed by atoms with Crippen LogP contribution in [0.2, 0.25) is 0 Å². The maximum Gasteiger partial charge on any atom is 0.329 e. The molecule has 2 heterocycles. The summed E-state index contributed by atoms with van der Waals surface area (Å²) in [5.41, 5.74) is 5.24. The summed E-state index contributed by atoms with van der Waals surface area (Å²) < 4.78 is 0. The first-order chi connectivity index (χ1) is 10.5. The molecule has 0 bridgehead atoms. The maximum absolute atomic E-state index is 11.3. The van der Waals surface area contributed by atoms with Crippen molar-refractivity contribution in [1.82, 2.24) is 9.97 Å². The van der Waals surface area contributed by atoms with E-state index in [2.05, 4.69) is 15.3 Å². The number of nitrogens with two attached hydrogens (primary N) is 1. The van der Waals surface area contributed by atoms with Crippen LogP contribution in [0, 0.1) is 16.0 Å². The van der Waals surface area contributed by atoms with Gasteiger partial charge in [-0.2, -0.15) is 4.98 Å². The van der Waals surface area contributed by atoms with Gasteiger partial charge in [-0.1, -0.05) is 0 Å². The molecule has 1 aliphatic carbocycles. The van der Waals surface area contributed by atoms with Crippen LogP contribution in [0.5, 0.6) is 0 Å². The second-order valence-corrected chi connectivity index (χ2v) is 5.77. The molecular formula is C13H18N6O3. The normalized spacial score (nSPS) is 21.5. The first-order valence-corrected chi connectivity index (χ1v) is 7.37. The van der Waals surface area contributed by atoms with Gasteiger partial charge in [-0.25, -0.2) is 4.98 Å². The highest BCUT2D eigenvalue weighted by atomic mass is 16.6. The molecule has 22 heavy (non-hydrogen) atoms. The molecule has 9 nitrogen and oxygen atoms in total. The molecule has 1 aliphatic heterocycles. The molecule has 1 atom stereocenters. The Labute approximate surface area is 127 Å². The molecule has 1 amide bonds. The fourth-order valence-electron chi connectivity index (χ4n) is 2.57. The van der Waals surface area contributed by atoms with Crippen molar-refractivity contribution in [3.63, 3.8) is 0 Å². The second-order valence-electron chi connectivity index (χ2n) is 5.77. The summed E-state index contributed by atoms with van der Waals surface area (Å²) in [6.45, 7) is 1.17. The average Bonchev–Trinajstić information content (AvgIpc) is 3.31. The van der Waals surface area contributed by atoms with Gasteiger partial charge in [0.1, 0.15) is 6.20 Å². The van der Waals surface area contributed by atoms with E-state index in [-0.39, 0.29) is 29.4 Å². The zero-order valence-electron chi connectivity index (χ0n) is 12.1. The lowest BCUT2D eigenvalue weighted by Crippen LogP contribution is -2.42. The molecule has 2 aliphatic rings. The van der Waals surface area contributed by atoms with E-state index in [1.807, 2.05) is 4.90 Å². The highest BCUT2D eigenvalue weighted by molar-refractivity contribution is 5.77. The van der Waals surface area contributed by atoms with Gasteiger partial charge in [-0.15, -0.1) is 0 Å². The molecule has 1 unspecified atom stereocenters. The number of rotatable bonds is 5. The number of carbonyl (C=O) groups is 1. The van der Waals surface area contributed by atoms with E-state index in [1.54, 1.807) is 0 Å². The number of nitrogens with one attached hydrogen (secondary N) is 1. The lowest BCUT2D eigenvalue weighted by molar-refractivity contribution is -0.384. The molecule has 1 saturated carbocycles. The minimum atomic E-state index is -0.489. The van der Waals surface area contributed by atoms with Crippen LogP contribution in [0.3, 0.4) is 0 Å². The van der Waals surface area contributed by atoms with Gasteiger partial charge < -0.3 is 16.0 Å². The number of carbonyl (C=O) groups excluding carboxylic acids is 1. The summed E-state index contributed by atoms with van der Waals surface area (Å²) in [7, 11) is 0. The maximum atomic E-state index is 11.3. The van der Waals surface area contributed by atoms with Gasteiger partial charge in [0, 0.05) is 19.1 Å². The number of nitrogens with zero attached hydrogens (tertiary/aromatic N) is 4. The minimum absolute atomic E-state index is 0.126. The van der Waals surface area contributed by atoms with Crippen molar-refractivity contribution in [3.05, 3.63) is 16.3 Å². The predicted molar refractivity (Wildman–Crippen MR) is 79.5 cm³/mol. The zero-order chi connectivity index (χ0) is 15.7. The number of hydrogen-bond donors (Lipinski definition) is 2. The monoisotopic (exact) mass is 306 g/mol. The summed E-state index contributed by atoms with van der Waals surface area (Å²) in [4.78, 5) is 32.2. The van der Waals surface area contributed by atoms with Crippen LogP contribution >= 0.6 is 0 Å². The van der Waals surface area contributed by atoms with Crippen LogP contribution in [0.15, 0.2) is 6.20 Å². The number of hydrogen-bond acceptors (Lipinski definition) is 7. The number of amides is 1. The van der Waals surface area contributed by atoms with Crippen molar-refractivity contribution in [2.75, 3.05) is 23.3 Å². The Morgan fingerprint density at radius 1 is 1.45 bits per heavy atom. The SMILES string of the molecule is NC(=O)C1CCCN(c2ncc([N+](=O)[O-])c(NC3CC3)n2)C1. The molecule has 0 radical (unpaired) electrons. The van der Waals surface area contributed by atoms with Gasteiger partial charge in [0.25, 0.3) is 0 Å². The van der Waals surface area contributed by atoms with Crippen molar-refractivity contribution in [2.45, 2.75) is 31.7 Å². The van der Waals surface area contributed by atoms with E-state index in [4.69, 9.17) is 5.73 Å². The van der Waals surface area contributed by atoms with E-state index >= 15 is 0 Å². The van der Waals surface area contributed by atoms with Crippen molar-refractivity contribution < 1.29 is 9.72 Å². The van der Waals surface area contributed by atoms with Crippen molar-refractivity contribution in [2.24, 2.45) is 11.7 Å². The fourth-order valence-corrected chi connectivity index (χ4v) is 2.57. The van der Waals surface area contributed by atoms with Gasteiger partial charge in [0.15, 0.2) is 0 Å². The van der Waals surface area contributed by atoms with E-state index in [1.165, 1.54) is 6.20 Å². The van der Waals surface area contributed by atoms with Gasteiger partial charge >= 0.3 is 5.69 Å². The zero-order valence-corrected chi connectivity index (χ0v) is 12.1. The third-order valence-corrected chi connectivity index (χ3v) is 3.98. The third kappa shape index (κ3) is 3.07. The van der Waals surface area contributed by atoms with E-state index in [0.717, 1.165) is 25.7 Å². The number of piperidine rings is 1. The quantitative estimate of drug-likeness (QED) is 0.604. The molecule has 3 N–H and O–H groups in total. The highest BCUT2D eigenvalue weighted by Crippen LogP contribution is 2.30. The molecule has 118 valence electrons. The largest absolute Gasteiger partial charge is 0.369 e. The molecule has 2 fully saturated rings. The van der Waals surface area contributed by atoms with Crippen LogP contribution in [0.4, 0.5) is 17.5 Å². The van der Waals surface area contributed by atoms with Crippen molar-refractivity contribution in [3.8, 4) is 0 Å². The molecule has 0 spiro atoms. The Morgan fingerprint density at radius 3 is 2.86 bits per heavy atom. The Balaban J connectivity index is 1.83. The van der Waals surface area contributed by atoms with Crippen LogP contribution < -0.4 is 16.0 Å². The first kappa shape index (κ1) is 14.5. The van der Waals surface area contributed by atoms with E-state index in [0.29, 0.717) is 19.0 Å². The van der Waals surface area contributed by atoms with Crippen LogP contribution in [-0.2, 0) is 4.79 Å². The number of aromatic nitrogens is 2. The Kier molecular flexibility index (Phi) is 3.78. The third-order valence-electron chi connectivity index (χ3n) is 3.98. The fraction of sp³-hybridized carbons (Fsp3) is 0.615. The van der Waals surface area contributed by atoms with Crippen molar-refractivity contribution >= 4 is 23.4 Å². The second kappa shape index (κ2) is 5.74. The summed E-state index contributed by atoms with van der Waals surface area (Å²) >= 11 is 0. The standard InChI is InChI=1S/C13H18N6O3/c14-11(20)8-2-1-5-18(7-8)13-15-6-10(19(21)22)12(17-13)16-9-3-4-9/h6,8-9H,1-5,7H2,(H2,14,20)(H,15,16,17). The molecule has 0 aromatic carbocycles. The summed E-state index contributed by atoms with van der Waals surface area (Å²) in [6, 6.07) is 0.251. The smallest absolute Gasteiger partial charge is 0.329 e. The number of primary amides is 1. The van der Waals surface area contributed by atoms with E-state index < -0.39 is 4.92 Å². The van der Waals surface area contributed by atoms with Crippen molar-refractivity contribution in [1.29, 1.82) is 0 Å². The lowest BCUT2D eigenvalue weighted by Gasteiger charge is -2.31. The molecule has 1 saturated heterocycles. The van der Waals surface area contributed by atoms with Gasteiger partial charge in [0.2, 0.25) is 17.7 Å². The summed E-state index contributed by atoms with van der Waals surface area (Å²) in [5, 5.41) is 14.1. The Bertz CT molecular complexity index is 603.